The van der Waals surface area contributed by atoms with Crippen LogP contribution in [0.3, 0.4) is 0 Å². The summed E-state index contributed by atoms with van der Waals surface area (Å²) >= 11 is 5.48. The highest BCUT2D eigenvalue weighted by Crippen LogP contribution is 2.13. The number of nitrogens with zero attached hydrogens (tertiary/aromatic N) is 1. The van der Waals surface area contributed by atoms with Gasteiger partial charge < -0.3 is 0 Å². The minimum absolute atomic E-state index is 0.143. The van der Waals surface area contributed by atoms with Gasteiger partial charge >= 0.3 is 6.18 Å². The molecule has 0 saturated heterocycles. The molecule has 0 N–H and O–H groups in total. The molecule has 0 spiro atoms. The van der Waals surface area contributed by atoms with Crippen LogP contribution in [0.1, 0.15) is 5.56 Å². The zero-order chi connectivity index (χ0) is 9.90. The van der Waals surface area contributed by atoms with Crippen LogP contribution in [0, 0.1) is 11.8 Å². The van der Waals surface area contributed by atoms with Crippen molar-refractivity contribution in [2.75, 3.05) is 0 Å². The van der Waals surface area contributed by atoms with Crippen LogP contribution in [-0.2, 0) is 0 Å². The normalized spacial score (nSPS) is 10.5. The first kappa shape index (κ1) is 9.87. The van der Waals surface area contributed by atoms with E-state index < -0.39 is 6.18 Å². The maximum Gasteiger partial charge on any atom is 0.458 e. The monoisotopic (exact) mass is 205 g/mol. The molecule has 1 nitrogen and oxygen atoms in total. The molecule has 0 aliphatic heterocycles. The summed E-state index contributed by atoms with van der Waals surface area (Å²) in [5.41, 5.74) is 0.143. The highest BCUT2D eigenvalue weighted by atomic mass is 35.5. The Morgan fingerprint density at radius 2 is 2.00 bits per heavy atom. The van der Waals surface area contributed by atoms with Crippen LogP contribution in [0.5, 0.6) is 0 Å². The van der Waals surface area contributed by atoms with Gasteiger partial charge in [-0.15, -0.1) is 0 Å². The number of alkyl halides is 3. The molecule has 0 amide bonds. The summed E-state index contributed by atoms with van der Waals surface area (Å²) in [6.45, 7) is 0. The number of rotatable bonds is 0. The summed E-state index contributed by atoms with van der Waals surface area (Å²) in [6, 6.07) is 1.31. The Hall–Kier alpha value is -1.21. The van der Waals surface area contributed by atoms with Crippen molar-refractivity contribution in [3.63, 3.8) is 0 Å². The number of halogens is 4. The van der Waals surface area contributed by atoms with E-state index in [1.165, 1.54) is 18.5 Å². The van der Waals surface area contributed by atoms with Crippen molar-refractivity contribution in [1.29, 1.82) is 0 Å². The summed E-state index contributed by atoms with van der Waals surface area (Å²) in [6.07, 6.45) is -1.95. The lowest BCUT2D eigenvalue weighted by Gasteiger charge is -1.93. The van der Waals surface area contributed by atoms with Crippen molar-refractivity contribution in [2.45, 2.75) is 6.18 Å². The van der Waals surface area contributed by atoms with Gasteiger partial charge in [-0.2, -0.15) is 13.2 Å². The Morgan fingerprint density at radius 1 is 1.31 bits per heavy atom. The number of hydrogen-bond acceptors (Lipinski definition) is 1. The van der Waals surface area contributed by atoms with E-state index in [2.05, 4.69) is 4.98 Å². The SMILES string of the molecule is FC(F)(F)C#Cc1cncc(Cl)c1. The molecule has 0 saturated carbocycles. The molecule has 1 rings (SSSR count). The van der Waals surface area contributed by atoms with Crippen molar-refractivity contribution in [1.82, 2.24) is 4.98 Å². The average Bonchev–Trinajstić information content (AvgIpc) is 2.00. The lowest BCUT2D eigenvalue weighted by atomic mass is 10.3. The predicted molar refractivity (Wildman–Crippen MR) is 42.2 cm³/mol. The molecule has 0 aromatic carbocycles. The quantitative estimate of drug-likeness (QED) is 0.594. The smallest absolute Gasteiger partial charge is 0.262 e. The molecular formula is C8H3ClF3N. The molecule has 0 aliphatic rings. The Kier molecular flexibility index (Phi) is 2.79. The van der Waals surface area contributed by atoms with Crippen LogP contribution >= 0.6 is 11.6 Å². The van der Waals surface area contributed by atoms with Crippen LogP contribution in [0.15, 0.2) is 18.5 Å². The Labute approximate surface area is 77.5 Å². The van der Waals surface area contributed by atoms with Gasteiger partial charge in [-0.25, -0.2) is 0 Å². The summed E-state index contributed by atoms with van der Waals surface area (Å²) in [7, 11) is 0. The fourth-order valence-electron chi connectivity index (χ4n) is 0.623. The molecule has 1 heterocycles. The average molecular weight is 206 g/mol. The first-order valence-corrected chi connectivity index (χ1v) is 3.55. The van der Waals surface area contributed by atoms with Crippen LogP contribution < -0.4 is 0 Å². The fourth-order valence-corrected chi connectivity index (χ4v) is 0.797. The molecule has 5 heteroatoms. The van der Waals surface area contributed by atoms with E-state index in [-0.39, 0.29) is 10.6 Å². The molecule has 13 heavy (non-hydrogen) atoms. The van der Waals surface area contributed by atoms with Gasteiger partial charge in [0.05, 0.1) is 5.02 Å². The third kappa shape index (κ3) is 3.81. The molecule has 0 atom stereocenters. The van der Waals surface area contributed by atoms with E-state index in [0.717, 1.165) is 5.92 Å². The van der Waals surface area contributed by atoms with Gasteiger partial charge in [0.25, 0.3) is 0 Å². The molecule has 0 radical (unpaired) electrons. The first-order chi connectivity index (χ1) is 5.97. The minimum Gasteiger partial charge on any atom is -0.262 e. The molecule has 0 aliphatic carbocycles. The van der Waals surface area contributed by atoms with E-state index in [4.69, 9.17) is 11.6 Å². The van der Waals surface area contributed by atoms with Crippen molar-refractivity contribution < 1.29 is 13.2 Å². The minimum atomic E-state index is -4.48. The van der Waals surface area contributed by atoms with Gasteiger partial charge in [0.1, 0.15) is 0 Å². The third-order valence-electron chi connectivity index (χ3n) is 1.05. The van der Waals surface area contributed by atoms with Crippen molar-refractivity contribution >= 4 is 11.6 Å². The second-order valence-corrected chi connectivity index (χ2v) is 2.58. The Balaban J connectivity index is 2.90. The van der Waals surface area contributed by atoms with Gasteiger partial charge in [0, 0.05) is 23.9 Å². The summed E-state index contributed by atoms with van der Waals surface area (Å²) < 4.78 is 34.8. The maximum atomic E-state index is 11.6. The van der Waals surface area contributed by atoms with Crippen LogP contribution in [0.25, 0.3) is 0 Å². The lowest BCUT2D eigenvalue weighted by molar-refractivity contribution is -0.0696. The maximum absolute atomic E-state index is 11.6. The van der Waals surface area contributed by atoms with E-state index in [9.17, 15) is 13.2 Å². The van der Waals surface area contributed by atoms with Crippen LogP contribution in [-0.4, -0.2) is 11.2 Å². The van der Waals surface area contributed by atoms with Crippen LogP contribution in [0.4, 0.5) is 13.2 Å². The highest BCUT2D eigenvalue weighted by Gasteiger charge is 2.22. The molecule has 0 unspecified atom stereocenters. The fraction of sp³-hybridized carbons (Fsp3) is 0.125. The first-order valence-electron chi connectivity index (χ1n) is 3.18. The van der Waals surface area contributed by atoms with Crippen LogP contribution in [0.2, 0.25) is 5.02 Å². The van der Waals surface area contributed by atoms with Gasteiger partial charge in [0.2, 0.25) is 0 Å². The second kappa shape index (κ2) is 3.67. The number of aromatic nitrogens is 1. The second-order valence-electron chi connectivity index (χ2n) is 2.14. The van der Waals surface area contributed by atoms with Crippen molar-refractivity contribution in [2.24, 2.45) is 0 Å². The number of hydrogen-bond donors (Lipinski definition) is 0. The summed E-state index contributed by atoms with van der Waals surface area (Å²) in [5.74, 6) is 3.02. The summed E-state index contributed by atoms with van der Waals surface area (Å²) in [5, 5.41) is 0.258. The molecule has 1 aromatic heterocycles. The Bertz CT molecular complexity index is 362. The zero-order valence-corrected chi connectivity index (χ0v) is 6.95. The number of pyridine rings is 1. The molecule has 1 aromatic rings. The van der Waals surface area contributed by atoms with E-state index in [0.29, 0.717) is 0 Å². The highest BCUT2D eigenvalue weighted by molar-refractivity contribution is 6.30. The largest absolute Gasteiger partial charge is 0.458 e. The van der Waals surface area contributed by atoms with Crippen molar-refractivity contribution in [3.05, 3.63) is 29.0 Å². The van der Waals surface area contributed by atoms with Crippen molar-refractivity contribution in [3.8, 4) is 11.8 Å². The standard InChI is InChI=1S/C8H3ClF3N/c9-7-3-6(4-13-5-7)1-2-8(10,11)12/h3-5H. The molecule has 0 fully saturated rings. The van der Waals surface area contributed by atoms with E-state index in [1.54, 1.807) is 0 Å². The van der Waals surface area contributed by atoms with E-state index in [1.807, 2.05) is 5.92 Å². The third-order valence-corrected chi connectivity index (χ3v) is 1.26. The summed E-state index contributed by atoms with van der Waals surface area (Å²) in [4.78, 5) is 3.58. The molecule has 0 bridgehead atoms. The Morgan fingerprint density at radius 3 is 2.54 bits per heavy atom. The zero-order valence-electron chi connectivity index (χ0n) is 6.19. The predicted octanol–water partition coefficient (Wildman–Crippen LogP) is 2.65. The van der Waals surface area contributed by atoms with E-state index >= 15 is 0 Å². The van der Waals surface area contributed by atoms with Gasteiger partial charge in [-0.05, 0) is 6.07 Å². The van der Waals surface area contributed by atoms with Gasteiger partial charge in [-0.3, -0.25) is 4.98 Å². The lowest BCUT2D eigenvalue weighted by Crippen LogP contribution is -2.01. The van der Waals surface area contributed by atoms with Gasteiger partial charge in [-0.1, -0.05) is 17.5 Å². The molecular weight excluding hydrogens is 203 g/mol. The molecule has 68 valence electrons. The van der Waals surface area contributed by atoms with Gasteiger partial charge in [0.15, 0.2) is 0 Å². The topological polar surface area (TPSA) is 12.9 Å².